The standard InChI is InChI=1S/C15H19FN4O/c1-2-5-14-17-18-15(21-14)20-10-8-19(9-11-20)13-7-4-3-6-12(13)16/h3-4,6-7H,2,5,8-11H2,1H3. The molecule has 0 bridgehead atoms. The van der Waals surface area contributed by atoms with Gasteiger partial charge in [-0.25, -0.2) is 4.39 Å². The van der Waals surface area contributed by atoms with Crippen LogP contribution in [-0.2, 0) is 6.42 Å². The third-order valence-electron chi connectivity index (χ3n) is 3.66. The molecule has 0 unspecified atom stereocenters. The molecule has 0 N–H and O–H groups in total. The molecule has 1 aliphatic heterocycles. The maximum atomic E-state index is 13.8. The molecule has 2 heterocycles. The minimum atomic E-state index is -0.172. The van der Waals surface area contributed by atoms with Crippen LogP contribution < -0.4 is 9.80 Å². The van der Waals surface area contributed by atoms with Gasteiger partial charge in [0.2, 0.25) is 5.89 Å². The van der Waals surface area contributed by atoms with Gasteiger partial charge in [-0.2, -0.15) is 0 Å². The highest BCUT2D eigenvalue weighted by molar-refractivity contribution is 5.49. The summed E-state index contributed by atoms with van der Waals surface area (Å²) in [6.45, 7) is 5.07. The molecule has 1 aliphatic rings. The number of para-hydroxylation sites is 1. The van der Waals surface area contributed by atoms with Crippen molar-refractivity contribution < 1.29 is 8.81 Å². The fourth-order valence-electron chi connectivity index (χ4n) is 2.53. The Bertz CT molecular complexity index is 593. The SMILES string of the molecule is CCCc1nnc(N2CCN(c3ccccc3F)CC2)o1. The van der Waals surface area contributed by atoms with Crippen LogP contribution in [-0.4, -0.2) is 36.4 Å². The predicted molar refractivity (Wildman–Crippen MR) is 79.1 cm³/mol. The fraction of sp³-hybridized carbons (Fsp3) is 0.467. The van der Waals surface area contributed by atoms with E-state index in [1.807, 2.05) is 12.1 Å². The summed E-state index contributed by atoms with van der Waals surface area (Å²) >= 11 is 0. The monoisotopic (exact) mass is 290 g/mol. The number of anilines is 2. The van der Waals surface area contributed by atoms with Crippen molar-refractivity contribution >= 4 is 11.7 Å². The number of hydrogen-bond acceptors (Lipinski definition) is 5. The first-order valence-electron chi connectivity index (χ1n) is 7.34. The molecule has 112 valence electrons. The van der Waals surface area contributed by atoms with E-state index in [2.05, 4.69) is 26.9 Å². The van der Waals surface area contributed by atoms with Gasteiger partial charge in [0.05, 0.1) is 5.69 Å². The lowest BCUT2D eigenvalue weighted by Crippen LogP contribution is -2.47. The number of aromatic nitrogens is 2. The Hall–Kier alpha value is -2.11. The molecule has 21 heavy (non-hydrogen) atoms. The van der Waals surface area contributed by atoms with Crippen LogP contribution in [0.2, 0.25) is 0 Å². The zero-order valence-corrected chi connectivity index (χ0v) is 12.1. The lowest BCUT2D eigenvalue weighted by Gasteiger charge is -2.35. The Balaban J connectivity index is 1.63. The number of piperazine rings is 1. The minimum absolute atomic E-state index is 0.172. The second kappa shape index (κ2) is 6.11. The molecule has 3 rings (SSSR count). The van der Waals surface area contributed by atoms with Gasteiger partial charge in [0, 0.05) is 32.6 Å². The van der Waals surface area contributed by atoms with E-state index in [1.165, 1.54) is 6.07 Å². The number of aryl methyl sites for hydroxylation is 1. The zero-order valence-electron chi connectivity index (χ0n) is 12.1. The smallest absolute Gasteiger partial charge is 0.318 e. The van der Waals surface area contributed by atoms with E-state index in [9.17, 15) is 4.39 Å². The fourth-order valence-corrected chi connectivity index (χ4v) is 2.53. The van der Waals surface area contributed by atoms with Crippen molar-refractivity contribution in [2.24, 2.45) is 0 Å². The molecular formula is C15H19FN4O. The predicted octanol–water partition coefficient (Wildman–Crippen LogP) is 2.49. The molecule has 1 saturated heterocycles. The van der Waals surface area contributed by atoms with Gasteiger partial charge in [-0.3, -0.25) is 0 Å². The Labute approximate surface area is 123 Å². The van der Waals surface area contributed by atoms with Gasteiger partial charge in [0.15, 0.2) is 0 Å². The molecule has 0 saturated carbocycles. The summed E-state index contributed by atoms with van der Waals surface area (Å²) in [5, 5.41) is 8.13. The van der Waals surface area contributed by atoms with E-state index in [0.717, 1.165) is 39.0 Å². The first-order valence-corrected chi connectivity index (χ1v) is 7.34. The molecule has 0 spiro atoms. The Morgan fingerprint density at radius 1 is 1.10 bits per heavy atom. The Morgan fingerprint density at radius 2 is 1.81 bits per heavy atom. The summed E-state index contributed by atoms with van der Waals surface area (Å²) in [7, 11) is 0. The maximum absolute atomic E-state index is 13.8. The summed E-state index contributed by atoms with van der Waals surface area (Å²) in [6, 6.07) is 7.46. The van der Waals surface area contributed by atoms with Crippen molar-refractivity contribution in [3.63, 3.8) is 0 Å². The number of hydrogen-bond donors (Lipinski definition) is 0. The maximum Gasteiger partial charge on any atom is 0.318 e. The molecule has 1 aromatic carbocycles. The average Bonchev–Trinajstić information content (AvgIpc) is 2.97. The van der Waals surface area contributed by atoms with Gasteiger partial charge in [-0.15, -0.1) is 5.10 Å². The molecule has 2 aromatic rings. The highest BCUT2D eigenvalue weighted by Gasteiger charge is 2.22. The molecule has 1 aromatic heterocycles. The Kier molecular flexibility index (Phi) is 4.03. The van der Waals surface area contributed by atoms with Crippen LogP contribution in [0.4, 0.5) is 16.1 Å². The quantitative estimate of drug-likeness (QED) is 0.865. The molecule has 0 amide bonds. The lowest BCUT2D eigenvalue weighted by atomic mass is 10.2. The van der Waals surface area contributed by atoms with E-state index in [0.29, 0.717) is 17.6 Å². The average molecular weight is 290 g/mol. The zero-order chi connectivity index (χ0) is 14.7. The summed E-state index contributed by atoms with van der Waals surface area (Å²) in [5.41, 5.74) is 0.661. The van der Waals surface area contributed by atoms with Crippen LogP contribution in [0.25, 0.3) is 0 Å². The number of rotatable bonds is 4. The third-order valence-corrected chi connectivity index (χ3v) is 3.66. The molecule has 1 fully saturated rings. The summed E-state index contributed by atoms with van der Waals surface area (Å²) < 4.78 is 19.4. The highest BCUT2D eigenvalue weighted by Crippen LogP contribution is 2.22. The molecule has 0 radical (unpaired) electrons. The van der Waals surface area contributed by atoms with Crippen molar-refractivity contribution in [1.82, 2.24) is 10.2 Å². The normalized spacial score (nSPS) is 15.5. The molecular weight excluding hydrogens is 271 g/mol. The molecule has 0 atom stereocenters. The topological polar surface area (TPSA) is 45.4 Å². The molecule has 6 heteroatoms. The van der Waals surface area contributed by atoms with Gasteiger partial charge in [0.25, 0.3) is 0 Å². The first-order chi connectivity index (χ1) is 10.3. The highest BCUT2D eigenvalue weighted by atomic mass is 19.1. The van der Waals surface area contributed by atoms with Crippen LogP contribution in [0.5, 0.6) is 0 Å². The van der Waals surface area contributed by atoms with E-state index >= 15 is 0 Å². The Morgan fingerprint density at radius 3 is 2.52 bits per heavy atom. The number of benzene rings is 1. The van der Waals surface area contributed by atoms with Crippen LogP contribution in [0, 0.1) is 5.82 Å². The second-order valence-corrected chi connectivity index (χ2v) is 5.15. The van der Waals surface area contributed by atoms with Crippen LogP contribution in [0.1, 0.15) is 19.2 Å². The minimum Gasteiger partial charge on any atom is -0.408 e. The number of nitrogens with zero attached hydrogens (tertiary/aromatic N) is 4. The van der Waals surface area contributed by atoms with Gasteiger partial charge in [-0.1, -0.05) is 24.2 Å². The van der Waals surface area contributed by atoms with Gasteiger partial charge < -0.3 is 14.2 Å². The van der Waals surface area contributed by atoms with Gasteiger partial charge >= 0.3 is 6.01 Å². The van der Waals surface area contributed by atoms with E-state index in [4.69, 9.17) is 4.42 Å². The summed E-state index contributed by atoms with van der Waals surface area (Å²) in [4.78, 5) is 4.11. The van der Waals surface area contributed by atoms with Crippen molar-refractivity contribution in [2.75, 3.05) is 36.0 Å². The first kappa shape index (κ1) is 13.9. The van der Waals surface area contributed by atoms with Crippen molar-refractivity contribution in [3.05, 3.63) is 36.0 Å². The van der Waals surface area contributed by atoms with Crippen LogP contribution in [0.3, 0.4) is 0 Å². The van der Waals surface area contributed by atoms with E-state index < -0.39 is 0 Å². The van der Waals surface area contributed by atoms with E-state index in [-0.39, 0.29) is 5.82 Å². The van der Waals surface area contributed by atoms with Crippen LogP contribution >= 0.6 is 0 Å². The van der Waals surface area contributed by atoms with Crippen LogP contribution in [0.15, 0.2) is 28.7 Å². The molecule has 0 aliphatic carbocycles. The van der Waals surface area contributed by atoms with Crippen molar-refractivity contribution in [3.8, 4) is 0 Å². The van der Waals surface area contributed by atoms with Gasteiger partial charge in [0.1, 0.15) is 5.82 Å². The number of halogens is 1. The summed E-state index contributed by atoms with van der Waals surface area (Å²) in [6.07, 6.45) is 1.80. The van der Waals surface area contributed by atoms with E-state index in [1.54, 1.807) is 6.07 Å². The largest absolute Gasteiger partial charge is 0.408 e. The lowest BCUT2D eigenvalue weighted by molar-refractivity contribution is 0.471. The second-order valence-electron chi connectivity index (χ2n) is 5.15. The third kappa shape index (κ3) is 2.99. The summed E-state index contributed by atoms with van der Waals surface area (Å²) in [5.74, 6) is 0.512. The molecule has 5 nitrogen and oxygen atoms in total. The van der Waals surface area contributed by atoms with Crippen molar-refractivity contribution in [1.29, 1.82) is 0 Å². The van der Waals surface area contributed by atoms with Gasteiger partial charge in [-0.05, 0) is 18.6 Å². The van der Waals surface area contributed by atoms with Crippen molar-refractivity contribution in [2.45, 2.75) is 19.8 Å².